The summed E-state index contributed by atoms with van der Waals surface area (Å²) < 4.78 is 5.95. The number of hydrogen-bond donors (Lipinski definition) is 0. The van der Waals surface area contributed by atoms with Gasteiger partial charge in [-0.1, -0.05) is 60.5 Å². The molecule has 154 valence electrons. The molecule has 5 rings (SSSR count). The van der Waals surface area contributed by atoms with Gasteiger partial charge in [-0.05, 0) is 53.9 Å². The highest BCUT2D eigenvalue weighted by molar-refractivity contribution is 6.42. The Morgan fingerprint density at radius 2 is 1.68 bits per heavy atom. The molecule has 0 aliphatic carbocycles. The molecule has 4 nitrogen and oxygen atoms in total. The molecule has 1 aliphatic heterocycles. The highest BCUT2D eigenvalue weighted by Crippen LogP contribution is 2.42. The predicted molar refractivity (Wildman–Crippen MR) is 123 cm³/mol. The van der Waals surface area contributed by atoms with Gasteiger partial charge in [-0.2, -0.15) is 0 Å². The number of hydrogen-bond acceptors (Lipinski definition) is 3. The number of rotatable bonds is 3. The van der Waals surface area contributed by atoms with Crippen LogP contribution in [0.25, 0.3) is 11.0 Å². The lowest BCUT2D eigenvalue weighted by Gasteiger charge is -2.25. The molecule has 1 aromatic heterocycles. The van der Waals surface area contributed by atoms with Gasteiger partial charge in [0.15, 0.2) is 5.43 Å². The lowest BCUT2D eigenvalue weighted by molar-refractivity contribution is 0.0971. The zero-order valence-electron chi connectivity index (χ0n) is 16.6. The smallest absolute Gasteiger partial charge is 0.295 e. The van der Waals surface area contributed by atoms with E-state index >= 15 is 0 Å². The van der Waals surface area contributed by atoms with Crippen molar-refractivity contribution in [3.8, 4) is 0 Å². The van der Waals surface area contributed by atoms with Gasteiger partial charge in [0.2, 0.25) is 5.76 Å². The van der Waals surface area contributed by atoms with Crippen LogP contribution in [0.15, 0.2) is 75.9 Å². The molecule has 0 spiro atoms. The number of fused-ring (bicyclic) bond motifs is 2. The van der Waals surface area contributed by atoms with Crippen molar-refractivity contribution in [2.75, 3.05) is 4.90 Å². The topological polar surface area (TPSA) is 50.5 Å². The normalized spacial score (nSPS) is 15.5. The number of benzene rings is 3. The number of para-hydroxylation sites is 1. The fourth-order valence-corrected chi connectivity index (χ4v) is 4.38. The van der Waals surface area contributed by atoms with E-state index in [9.17, 15) is 9.59 Å². The van der Waals surface area contributed by atoms with Crippen LogP contribution < -0.4 is 10.3 Å². The fraction of sp³-hybridized carbons (Fsp3) is 0.120. The Bertz CT molecular complexity index is 1390. The molecular formula is C25H17Cl2NO3. The van der Waals surface area contributed by atoms with Gasteiger partial charge in [0, 0.05) is 5.69 Å². The third-order valence-corrected chi connectivity index (χ3v) is 6.40. The van der Waals surface area contributed by atoms with Crippen LogP contribution in [0.2, 0.25) is 10.0 Å². The summed E-state index contributed by atoms with van der Waals surface area (Å²) in [6, 6.07) is 19.1. The molecule has 1 aliphatic rings. The Hall–Kier alpha value is -3.08. The van der Waals surface area contributed by atoms with E-state index in [1.807, 2.05) is 24.3 Å². The number of carbonyl (C=O) groups excluding carboxylic acids is 1. The first-order valence-electron chi connectivity index (χ1n) is 9.92. The number of anilines is 1. The molecule has 4 aromatic rings. The van der Waals surface area contributed by atoms with E-state index in [0.717, 1.165) is 12.0 Å². The summed E-state index contributed by atoms with van der Waals surface area (Å²) in [5, 5.41) is 1.19. The summed E-state index contributed by atoms with van der Waals surface area (Å²) in [5.41, 5.74) is 2.97. The van der Waals surface area contributed by atoms with Crippen molar-refractivity contribution < 1.29 is 9.21 Å². The molecule has 1 amide bonds. The first-order valence-corrected chi connectivity index (χ1v) is 10.7. The maximum atomic E-state index is 13.5. The van der Waals surface area contributed by atoms with Gasteiger partial charge in [0.1, 0.15) is 5.58 Å². The van der Waals surface area contributed by atoms with E-state index in [2.05, 4.69) is 6.92 Å². The van der Waals surface area contributed by atoms with Gasteiger partial charge in [-0.15, -0.1) is 0 Å². The van der Waals surface area contributed by atoms with Crippen molar-refractivity contribution >= 4 is 45.8 Å². The van der Waals surface area contributed by atoms with Gasteiger partial charge in [0.05, 0.1) is 27.0 Å². The average Bonchev–Trinajstić information content (AvgIpc) is 3.08. The Labute approximate surface area is 188 Å². The SMILES string of the molecule is CCc1ccc(N2C(=O)c3oc4ccccc4c(=O)c3C2c2ccc(Cl)c(Cl)c2)cc1. The number of nitrogens with zero attached hydrogens (tertiary/aromatic N) is 1. The lowest BCUT2D eigenvalue weighted by atomic mass is 9.98. The van der Waals surface area contributed by atoms with Gasteiger partial charge >= 0.3 is 0 Å². The lowest BCUT2D eigenvalue weighted by Crippen LogP contribution is -2.29. The molecule has 0 N–H and O–H groups in total. The van der Waals surface area contributed by atoms with Crippen molar-refractivity contribution in [2.24, 2.45) is 0 Å². The molecular weight excluding hydrogens is 433 g/mol. The molecule has 3 aromatic carbocycles. The van der Waals surface area contributed by atoms with Crippen molar-refractivity contribution in [3.63, 3.8) is 0 Å². The number of halogens is 2. The Morgan fingerprint density at radius 3 is 2.39 bits per heavy atom. The molecule has 0 radical (unpaired) electrons. The molecule has 0 fully saturated rings. The maximum Gasteiger partial charge on any atom is 0.295 e. The van der Waals surface area contributed by atoms with E-state index in [4.69, 9.17) is 27.6 Å². The van der Waals surface area contributed by atoms with E-state index in [1.165, 1.54) is 0 Å². The van der Waals surface area contributed by atoms with E-state index in [1.54, 1.807) is 47.4 Å². The minimum absolute atomic E-state index is 0.0549. The second-order valence-corrected chi connectivity index (χ2v) is 8.26. The van der Waals surface area contributed by atoms with Crippen LogP contribution in [0.4, 0.5) is 5.69 Å². The molecule has 0 saturated heterocycles. The molecule has 6 heteroatoms. The summed E-state index contributed by atoms with van der Waals surface area (Å²) in [5.74, 6) is -0.308. The summed E-state index contributed by atoms with van der Waals surface area (Å²) in [6.07, 6.45) is 0.885. The van der Waals surface area contributed by atoms with Crippen LogP contribution in [-0.2, 0) is 6.42 Å². The first kappa shape index (κ1) is 19.9. The van der Waals surface area contributed by atoms with E-state index in [0.29, 0.717) is 37.8 Å². The standard InChI is InChI=1S/C25H17Cl2NO3/c1-2-14-7-10-16(11-8-14)28-22(15-9-12-18(26)19(27)13-15)21-23(29)17-5-3-4-6-20(17)31-24(21)25(28)30/h3-13,22H,2H2,1H3. The van der Waals surface area contributed by atoms with Crippen LogP contribution in [0.5, 0.6) is 0 Å². The summed E-state index contributed by atoms with van der Waals surface area (Å²) in [6.45, 7) is 2.07. The zero-order chi connectivity index (χ0) is 21.7. The molecule has 2 heterocycles. The summed E-state index contributed by atoms with van der Waals surface area (Å²) in [7, 11) is 0. The highest BCUT2D eigenvalue weighted by Gasteiger charge is 2.43. The zero-order valence-corrected chi connectivity index (χ0v) is 18.1. The monoisotopic (exact) mass is 449 g/mol. The van der Waals surface area contributed by atoms with Crippen molar-refractivity contribution in [1.29, 1.82) is 0 Å². The molecule has 31 heavy (non-hydrogen) atoms. The first-order chi connectivity index (χ1) is 15.0. The largest absolute Gasteiger partial charge is 0.450 e. The van der Waals surface area contributed by atoms with Crippen LogP contribution in [-0.4, -0.2) is 5.91 Å². The third-order valence-electron chi connectivity index (χ3n) is 5.66. The fourth-order valence-electron chi connectivity index (χ4n) is 4.08. The maximum absolute atomic E-state index is 13.5. The van der Waals surface area contributed by atoms with Gasteiger partial charge in [0.25, 0.3) is 5.91 Å². The minimum Gasteiger partial charge on any atom is -0.450 e. The van der Waals surface area contributed by atoms with Crippen molar-refractivity contribution in [1.82, 2.24) is 0 Å². The summed E-state index contributed by atoms with van der Waals surface area (Å²) in [4.78, 5) is 28.6. The highest BCUT2D eigenvalue weighted by atomic mass is 35.5. The van der Waals surface area contributed by atoms with E-state index < -0.39 is 6.04 Å². The van der Waals surface area contributed by atoms with Crippen LogP contribution in [0.3, 0.4) is 0 Å². The Morgan fingerprint density at radius 1 is 0.935 bits per heavy atom. The molecule has 0 bridgehead atoms. The predicted octanol–water partition coefficient (Wildman–Crippen LogP) is 6.41. The molecule has 1 unspecified atom stereocenters. The molecule has 1 atom stereocenters. The van der Waals surface area contributed by atoms with Gasteiger partial charge < -0.3 is 4.42 Å². The van der Waals surface area contributed by atoms with Crippen molar-refractivity contribution in [3.05, 3.63) is 109 Å². The summed E-state index contributed by atoms with van der Waals surface area (Å²) >= 11 is 12.4. The Balaban J connectivity index is 1.79. The van der Waals surface area contributed by atoms with Crippen LogP contribution in [0.1, 0.15) is 40.2 Å². The number of aryl methyl sites for hydroxylation is 1. The average molecular weight is 450 g/mol. The van der Waals surface area contributed by atoms with E-state index in [-0.39, 0.29) is 17.1 Å². The third kappa shape index (κ3) is 3.14. The Kier molecular flexibility index (Phi) is 4.84. The van der Waals surface area contributed by atoms with Crippen LogP contribution in [0, 0.1) is 0 Å². The van der Waals surface area contributed by atoms with Crippen molar-refractivity contribution in [2.45, 2.75) is 19.4 Å². The number of amides is 1. The van der Waals surface area contributed by atoms with Crippen LogP contribution >= 0.6 is 23.2 Å². The minimum atomic E-state index is -0.675. The quantitative estimate of drug-likeness (QED) is 0.362. The second-order valence-electron chi connectivity index (χ2n) is 7.44. The van der Waals surface area contributed by atoms with Gasteiger partial charge in [-0.3, -0.25) is 14.5 Å². The number of carbonyl (C=O) groups is 1. The second kappa shape index (κ2) is 7.56. The molecule has 0 saturated carbocycles. The van der Waals surface area contributed by atoms with Gasteiger partial charge in [-0.25, -0.2) is 0 Å².